The Hall–Kier alpha value is -2.89. The first-order chi connectivity index (χ1) is 10.7. The number of aryl methyl sites for hydroxylation is 1. The number of nitrogens with zero attached hydrogens (tertiary/aromatic N) is 3. The van der Waals surface area contributed by atoms with Crippen LogP contribution in [0.3, 0.4) is 0 Å². The van der Waals surface area contributed by atoms with Crippen LogP contribution >= 0.6 is 0 Å². The van der Waals surface area contributed by atoms with Crippen LogP contribution in [0.4, 0.5) is 11.4 Å². The summed E-state index contributed by atoms with van der Waals surface area (Å²) < 4.78 is 6.79. The second-order valence-electron chi connectivity index (χ2n) is 4.85. The topological polar surface area (TPSA) is 69.0 Å². The molecule has 0 aliphatic carbocycles. The van der Waals surface area contributed by atoms with E-state index in [-0.39, 0.29) is 5.97 Å². The lowest BCUT2D eigenvalue weighted by molar-refractivity contribution is 0.0526. The summed E-state index contributed by atoms with van der Waals surface area (Å²) >= 11 is 0. The van der Waals surface area contributed by atoms with Crippen molar-refractivity contribution in [2.75, 3.05) is 11.9 Å². The van der Waals surface area contributed by atoms with Gasteiger partial charge in [0, 0.05) is 24.3 Å². The van der Waals surface area contributed by atoms with Gasteiger partial charge in [-0.3, -0.25) is 9.67 Å². The molecule has 0 fully saturated rings. The molecule has 0 radical (unpaired) electrons. The van der Waals surface area contributed by atoms with Gasteiger partial charge in [0.05, 0.1) is 35.8 Å². The van der Waals surface area contributed by atoms with Gasteiger partial charge < -0.3 is 10.1 Å². The Labute approximate surface area is 127 Å². The highest BCUT2D eigenvalue weighted by atomic mass is 16.5. The fraction of sp³-hybridized carbons (Fsp3) is 0.188. The van der Waals surface area contributed by atoms with E-state index in [4.69, 9.17) is 4.74 Å². The van der Waals surface area contributed by atoms with Crippen LogP contribution in [0.25, 0.3) is 10.9 Å². The zero-order valence-electron chi connectivity index (χ0n) is 12.4. The lowest BCUT2D eigenvalue weighted by atomic mass is 10.2. The molecule has 6 heteroatoms. The maximum Gasteiger partial charge on any atom is 0.339 e. The summed E-state index contributed by atoms with van der Waals surface area (Å²) in [6.07, 6.45) is 4.98. The van der Waals surface area contributed by atoms with E-state index in [9.17, 15) is 4.79 Å². The minimum absolute atomic E-state index is 0.341. The normalized spacial score (nSPS) is 10.6. The molecule has 112 valence electrons. The number of ether oxygens (including phenoxy) is 1. The van der Waals surface area contributed by atoms with Crippen molar-refractivity contribution in [1.82, 2.24) is 14.8 Å². The Morgan fingerprint density at radius 1 is 1.23 bits per heavy atom. The largest absolute Gasteiger partial charge is 0.462 e. The number of fused-ring (bicyclic) bond motifs is 1. The van der Waals surface area contributed by atoms with Crippen molar-refractivity contribution in [2.45, 2.75) is 6.92 Å². The number of hydrogen-bond donors (Lipinski definition) is 1. The number of aromatic nitrogens is 3. The van der Waals surface area contributed by atoms with Crippen molar-refractivity contribution in [3.63, 3.8) is 0 Å². The molecule has 0 aliphatic rings. The summed E-state index contributed by atoms with van der Waals surface area (Å²) in [4.78, 5) is 15.8. The summed E-state index contributed by atoms with van der Waals surface area (Å²) in [5, 5.41) is 8.53. The van der Waals surface area contributed by atoms with Gasteiger partial charge in [0.25, 0.3) is 0 Å². The van der Waals surface area contributed by atoms with Crippen LogP contribution in [-0.2, 0) is 11.8 Å². The van der Waals surface area contributed by atoms with E-state index in [0.717, 1.165) is 22.3 Å². The van der Waals surface area contributed by atoms with Crippen molar-refractivity contribution in [2.24, 2.45) is 7.05 Å². The van der Waals surface area contributed by atoms with Gasteiger partial charge in [0.1, 0.15) is 0 Å². The third-order valence-corrected chi connectivity index (χ3v) is 3.29. The van der Waals surface area contributed by atoms with Crippen LogP contribution in [-0.4, -0.2) is 27.3 Å². The molecule has 6 nitrogen and oxygen atoms in total. The van der Waals surface area contributed by atoms with Gasteiger partial charge in [-0.1, -0.05) is 0 Å². The maximum atomic E-state index is 11.7. The molecule has 3 aromatic rings. The van der Waals surface area contributed by atoms with Crippen LogP contribution < -0.4 is 5.32 Å². The molecule has 1 aromatic carbocycles. The van der Waals surface area contributed by atoms with Crippen LogP contribution in [0, 0.1) is 0 Å². The quantitative estimate of drug-likeness (QED) is 0.750. The summed E-state index contributed by atoms with van der Waals surface area (Å²) in [6.45, 7) is 2.12. The summed E-state index contributed by atoms with van der Waals surface area (Å²) in [5.41, 5.74) is 3.08. The van der Waals surface area contributed by atoms with E-state index < -0.39 is 0 Å². The first-order valence-corrected chi connectivity index (χ1v) is 6.98. The van der Waals surface area contributed by atoms with Crippen molar-refractivity contribution in [3.05, 3.63) is 48.4 Å². The van der Waals surface area contributed by atoms with Gasteiger partial charge in [0.2, 0.25) is 0 Å². The van der Waals surface area contributed by atoms with Gasteiger partial charge in [-0.15, -0.1) is 0 Å². The highest BCUT2D eigenvalue weighted by molar-refractivity contribution is 5.90. The number of carbonyl (C=O) groups excluding carboxylic acids is 1. The number of anilines is 2. The average molecular weight is 296 g/mol. The molecule has 22 heavy (non-hydrogen) atoms. The molecule has 0 saturated carbocycles. The fourth-order valence-electron chi connectivity index (χ4n) is 2.22. The Bertz CT molecular complexity index is 826. The predicted molar refractivity (Wildman–Crippen MR) is 84.2 cm³/mol. The van der Waals surface area contributed by atoms with E-state index in [1.165, 1.54) is 6.20 Å². The van der Waals surface area contributed by atoms with E-state index >= 15 is 0 Å². The first kappa shape index (κ1) is 14.1. The van der Waals surface area contributed by atoms with Gasteiger partial charge in [-0.25, -0.2) is 4.79 Å². The molecule has 2 aromatic heterocycles. The molecule has 0 aliphatic heterocycles. The van der Waals surface area contributed by atoms with E-state index in [2.05, 4.69) is 15.4 Å². The van der Waals surface area contributed by atoms with E-state index in [0.29, 0.717) is 12.2 Å². The number of carbonyl (C=O) groups is 1. The Kier molecular flexibility index (Phi) is 3.74. The standard InChI is InChI=1S/C16H16N4O2/c1-3-22-16(21)12-6-14(10-17-8-12)19-13-5-4-11-9-18-20(2)15(11)7-13/h4-10,19H,3H2,1-2H3. The second kappa shape index (κ2) is 5.85. The average Bonchev–Trinajstić information content (AvgIpc) is 2.89. The summed E-state index contributed by atoms with van der Waals surface area (Å²) in [7, 11) is 1.90. The third kappa shape index (κ3) is 2.76. The van der Waals surface area contributed by atoms with Crippen molar-refractivity contribution < 1.29 is 9.53 Å². The fourth-order valence-corrected chi connectivity index (χ4v) is 2.22. The highest BCUT2D eigenvalue weighted by Crippen LogP contribution is 2.22. The molecule has 0 unspecified atom stereocenters. The number of hydrogen-bond acceptors (Lipinski definition) is 5. The van der Waals surface area contributed by atoms with E-state index in [1.54, 1.807) is 19.2 Å². The predicted octanol–water partition coefficient (Wildman–Crippen LogP) is 2.89. The number of esters is 1. The minimum Gasteiger partial charge on any atom is -0.462 e. The molecule has 0 atom stereocenters. The Morgan fingerprint density at radius 2 is 2.09 bits per heavy atom. The summed E-state index contributed by atoms with van der Waals surface area (Å²) in [6, 6.07) is 7.67. The molecular formula is C16H16N4O2. The molecule has 0 spiro atoms. The summed E-state index contributed by atoms with van der Waals surface area (Å²) in [5.74, 6) is -0.374. The SMILES string of the molecule is CCOC(=O)c1cncc(Nc2ccc3cnn(C)c3c2)c1. The zero-order chi connectivity index (χ0) is 15.5. The maximum absolute atomic E-state index is 11.7. The highest BCUT2D eigenvalue weighted by Gasteiger charge is 2.08. The van der Waals surface area contributed by atoms with Crippen molar-refractivity contribution >= 4 is 28.2 Å². The smallest absolute Gasteiger partial charge is 0.339 e. The molecule has 1 N–H and O–H groups in total. The molecular weight excluding hydrogens is 280 g/mol. The molecule has 0 bridgehead atoms. The molecule has 0 amide bonds. The van der Waals surface area contributed by atoms with Crippen LogP contribution in [0.5, 0.6) is 0 Å². The van der Waals surface area contributed by atoms with Crippen molar-refractivity contribution in [3.8, 4) is 0 Å². The molecule has 3 rings (SSSR count). The van der Waals surface area contributed by atoms with Crippen molar-refractivity contribution in [1.29, 1.82) is 0 Å². The van der Waals surface area contributed by atoms with Crippen LogP contribution in [0.1, 0.15) is 17.3 Å². The van der Waals surface area contributed by atoms with E-state index in [1.807, 2.05) is 36.1 Å². The third-order valence-electron chi connectivity index (χ3n) is 3.29. The van der Waals surface area contributed by atoms with Crippen LogP contribution in [0.2, 0.25) is 0 Å². The first-order valence-electron chi connectivity index (χ1n) is 6.98. The lowest BCUT2D eigenvalue weighted by Gasteiger charge is -2.08. The Morgan fingerprint density at radius 3 is 2.91 bits per heavy atom. The monoisotopic (exact) mass is 296 g/mol. The lowest BCUT2D eigenvalue weighted by Crippen LogP contribution is -2.05. The van der Waals surface area contributed by atoms with Gasteiger partial charge in [0.15, 0.2) is 0 Å². The Balaban J connectivity index is 1.86. The van der Waals surface area contributed by atoms with Gasteiger partial charge in [-0.2, -0.15) is 5.10 Å². The number of pyridine rings is 1. The molecule has 2 heterocycles. The van der Waals surface area contributed by atoms with Crippen LogP contribution in [0.15, 0.2) is 42.9 Å². The van der Waals surface area contributed by atoms with Gasteiger partial charge >= 0.3 is 5.97 Å². The number of benzene rings is 1. The molecule has 0 saturated heterocycles. The van der Waals surface area contributed by atoms with Gasteiger partial charge in [-0.05, 0) is 31.2 Å². The zero-order valence-corrected chi connectivity index (χ0v) is 12.4. The number of rotatable bonds is 4. The minimum atomic E-state index is -0.374. The number of nitrogens with one attached hydrogen (secondary N) is 1. The second-order valence-corrected chi connectivity index (χ2v) is 4.85.